The minimum absolute atomic E-state index is 0. The molecule has 0 fully saturated rings. The molecule has 1 amide bonds. The van der Waals surface area contributed by atoms with Crippen LogP contribution in [0.25, 0.3) is 10.6 Å². The van der Waals surface area contributed by atoms with Gasteiger partial charge in [-0.15, -0.1) is 23.7 Å². The predicted octanol–water partition coefficient (Wildman–Crippen LogP) is 2.75. The molecule has 1 aromatic carbocycles. The quantitative estimate of drug-likeness (QED) is 0.815. The molecule has 0 aliphatic rings. The van der Waals surface area contributed by atoms with Gasteiger partial charge in [0.25, 0.3) is 0 Å². The lowest BCUT2D eigenvalue weighted by atomic mass is 10.1. The Balaban J connectivity index is 0.00000242. The van der Waals surface area contributed by atoms with Crippen molar-refractivity contribution < 1.29 is 4.79 Å². The van der Waals surface area contributed by atoms with Gasteiger partial charge < -0.3 is 10.6 Å². The molecule has 120 valence electrons. The molecule has 1 aromatic heterocycles. The number of carbonyl (C=O) groups excluding carboxylic acids is 1. The fraction of sp³-hybridized carbons (Fsp3) is 0.375. The highest BCUT2D eigenvalue weighted by Gasteiger charge is 2.11. The molecule has 0 aliphatic heterocycles. The van der Waals surface area contributed by atoms with Gasteiger partial charge in [0.15, 0.2) is 0 Å². The van der Waals surface area contributed by atoms with Crippen LogP contribution >= 0.6 is 23.7 Å². The van der Waals surface area contributed by atoms with Gasteiger partial charge in [-0.25, -0.2) is 4.98 Å². The molecular weight excluding hydrogens is 318 g/mol. The Morgan fingerprint density at radius 1 is 1.32 bits per heavy atom. The molecule has 0 bridgehead atoms. The third-order valence-electron chi connectivity index (χ3n) is 3.21. The van der Waals surface area contributed by atoms with Gasteiger partial charge in [-0.3, -0.25) is 4.79 Å². The highest BCUT2D eigenvalue weighted by Crippen LogP contribution is 2.23. The molecule has 22 heavy (non-hydrogen) atoms. The Morgan fingerprint density at radius 3 is 2.73 bits per heavy atom. The van der Waals surface area contributed by atoms with Gasteiger partial charge in [-0.1, -0.05) is 37.3 Å². The number of hydrogen-bond acceptors (Lipinski definition) is 4. The van der Waals surface area contributed by atoms with Crippen molar-refractivity contribution in [3.63, 3.8) is 0 Å². The van der Waals surface area contributed by atoms with Crippen LogP contribution in [0.15, 0.2) is 35.7 Å². The molecular formula is C16H22ClN3OS. The SMILES string of the molecule is CNCC(C)C(=O)NCCc1csc(-c2ccccc2)n1.Cl. The van der Waals surface area contributed by atoms with Crippen LogP contribution in [0.5, 0.6) is 0 Å². The molecule has 6 heteroatoms. The first-order valence-corrected chi connectivity index (χ1v) is 8.01. The zero-order valence-electron chi connectivity index (χ0n) is 12.8. The van der Waals surface area contributed by atoms with Gasteiger partial charge >= 0.3 is 0 Å². The zero-order chi connectivity index (χ0) is 15.1. The van der Waals surface area contributed by atoms with E-state index in [4.69, 9.17) is 0 Å². The standard InChI is InChI=1S/C16H21N3OS.ClH/c1-12(10-17-2)15(20)18-9-8-14-11-21-16(19-14)13-6-4-3-5-7-13;/h3-7,11-12,17H,8-10H2,1-2H3,(H,18,20);1H. The third-order valence-corrected chi connectivity index (χ3v) is 4.15. The molecule has 0 saturated carbocycles. The zero-order valence-corrected chi connectivity index (χ0v) is 14.5. The Hall–Kier alpha value is -1.43. The summed E-state index contributed by atoms with van der Waals surface area (Å²) >= 11 is 1.64. The highest BCUT2D eigenvalue weighted by molar-refractivity contribution is 7.13. The molecule has 1 unspecified atom stereocenters. The van der Waals surface area contributed by atoms with Crippen molar-refractivity contribution in [2.75, 3.05) is 20.1 Å². The fourth-order valence-electron chi connectivity index (χ4n) is 2.02. The molecule has 2 rings (SSSR count). The van der Waals surface area contributed by atoms with E-state index in [1.807, 2.05) is 32.2 Å². The van der Waals surface area contributed by atoms with Crippen LogP contribution in [-0.2, 0) is 11.2 Å². The van der Waals surface area contributed by atoms with E-state index in [2.05, 4.69) is 33.1 Å². The highest BCUT2D eigenvalue weighted by atomic mass is 35.5. The van der Waals surface area contributed by atoms with Crippen LogP contribution in [0.4, 0.5) is 0 Å². The molecule has 2 N–H and O–H groups in total. The van der Waals surface area contributed by atoms with E-state index in [-0.39, 0.29) is 24.2 Å². The maximum Gasteiger partial charge on any atom is 0.224 e. The number of nitrogens with one attached hydrogen (secondary N) is 2. The van der Waals surface area contributed by atoms with Gasteiger partial charge in [0.05, 0.1) is 5.69 Å². The minimum Gasteiger partial charge on any atom is -0.355 e. The lowest BCUT2D eigenvalue weighted by Gasteiger charge is -2.10. The summed E-state index contributed by atoms with van der Waals surface area (Å²) in [6.45, 7) is 3.24. The second-order valence-corrected chi connectivity index (χ2v) is 5.87. The van der Waals surface area contributed by atoms with Crippen LogP contribution in [0.1, 0.15) is 12.6 Å². The maximum absolute atomic E-state index is 11.8. The first-order chi connectivity index (χ1) is 10.2. The van der Waals surface area contributed by atoms with E-state index >= 15 is 0 Å². The maximum atomic E-state index is 11.8. The summed E-state index contributed by atoms with van der Waals surface area (Å²) in [6, 6.07) is 10.1. The summed E-state index contributed by atoms with van der Waals surface area (Å²) in [4.78, 5) is 16.4. The number of nitrogens with zero attached hydrogens (tertiary/aromatic N) is 1. The van der Waals surface area contributed by atoms with Crippen LogP contribution in [0.2, 0.25) is 0 Å². The Bertz CT molecular complexity index is 574. The van der Waals surface area contributed by atoms with Crippen molar-refractivity contribution in [2.24, 2.45) is 5.92 Å². The van der Waals surface area contributed by atoms with E-state index in [1.165, 1.54) is 0 Å². The monoisotopic (exact) mass is 339 g/mol. The largest absolute Gasteiger partial charge is 0.355 e. The molecule has 0 aliphatic carbocycles. The van der Waals surface area contributed by atoms with Crippen molar-refractivity contribution in [1.82, 2.24) is 15.6 Å². The van der Waals surface area contributed by atoms with Crippen LogP contribution < -0.4 is 10.6 Å². The number of thiazole rings is 1. The second-order valence-electron chi connectivity index (χ2n) is 5.01. The minimum atomic E-state index is -0.00897. The number of benzene rings is 1. The van der Waals surface area contributed by atoms with Gasteiger partial charge in [0.2, 0.25) is 5.91 Å². The molecule has 2 aromatic rings. The summed E-state index contributed by atoms with van der Waals surface area (Å²) in [5, 5.41) is 9.05. The first-order valence-electron chi connectivity index (χ1n) is 7.13. The molecule has 4 nitrogen and oxygen atoms in total. The molecule has 0 saturated heterocycles. The topological polar surface area (TPSA) is 54.0 Å². The van der Waals surface area contributed by atoms with Crippen molar-refractivity contribution >= 4 is 29.7 Å². The Morgan fingerprint density at radius 2 is 2.05 bits per heavy atom. The summed E-state index contributed by atoms with van der Waals surface area (Å²) in [5.74, 6) is 0.0770. The van der Waals surface area contributed by atoms with Crippen LogP contribution in [0, 0.1) is 5.92 Å². The number of rotatable bonds is 7. The van der Waals surface area contributed by atoms with Crippen LogP contribution in [0.3, 0.4) is 0 Å². The number of amides is 1. The molecule has 1 atom stereocenters. The van der Waals surface area contributed by atoms with Gasteiger partial charge in [0, 0.05) is 36.4 Å². The van der Waals surface area contributed by atoms with E-state index in [0.717, 1.165) is 22.7 Å². The second kappa shape index (κ2) is 9.56. The van der Waals surface area contributed by atoms with Crippen molar-refractivity contribution in [2.45, 2.75) is 13.3 Å². The summed E-state index contributed by atoms with van der Waals surface area (Å²) in [7, 11) is 1.85. The number of carbonyl (C=O) groups is 1. The lowest BCUT2D eigenvalue weighted by molar-refractivity contribution is -0.124. The molecule has 1 heterocycles. The molecule has 0 radical (unpaired) electrons. The number of halogens is 1. The van der Waals surface area contributed by atoms with E-state index in [9.17, 15) is 4.79 Å². The number of aromatic nitrogens is 1. The van der Waals surface area contributed by atoms with E-state index < -0.39 is 0 Å². The fourth-order valence-corrected chi connectivity index (χ4v) is 2.88. The van der Waals surface area contributed by atoms with Gasteiger partial charge in [-0.2, -0.15) is 0 Å². The van der Waals surface area contributed by atoms with Gasteiger partial charge in [0.1, 0.15) is 5.01 Å². The van der Waals surface area contributed by atoms with Crippen molar-refractivity contribution in [3.8, 4) is 10.6 Å². The Labute approximate surface area is 141 Å². The number of hydrogen-bond donors (Lipinski definition) is 2. The van der Waals surface area contributed by atoms with Crippen LogP contribution in [-0.4, -0.2) is 31.0 Å². The summed E-state index contributed by atoms with van der Waals surface area (Å²) < 4.78 is 0. The lowest BCUT2D eigenvalue weighted by Crippen LogP contribution is -2.35. The van der Waals surface area contributed by atoms with E-state index in [1.54, 1.807) is 11.3 Å². The summed E-state index contributed by atoms with van der Waals surface area (Å²) in [6.07, 6.45) is 0.765. The van der Waals surface area contributed by atoms with Crippen molar-refractivity contribution in [3.05, 3.63) is 41.4 Å². The molecule has 0 spiro atoms. The Kier molecular flexibility index (Phi) is 8.09. The van der Waals surface area contributed by atoms with E-state index in [0.29, 0.717) is 13.1 Å². The van der Waals surface area contributed by atoms with Crippen molar-refractivity contribution in [1.29, 1.82) is 0 Å². The first kappa shape index (κ1) is 18.6. The smallest absolute Gasteiger partial charge is 0.224 e. The third kappa shape index (κ3) is 5.40. The van der Waals surface area contributed by atoms with Gasteiger partial charge in [-0.05, 0) is 7.05 Å². The summed E-state index contributed by atoms with van der Waals surface area (Å²) in [5.41, 5.74) is 2.17. The predicted molar refractivity (Wildman–Crippen MR) is 94.6 cm³/mol. The normalized spacial score (nSPS) is 11.5. The average molecular weight is 340 g/mol. The average Bonchev–Trinajstić information content (AvgIpc) is 2.97.